The molecule has 142 valence electrons. The van der Waals surface area contributed by atoms with E-state index in [-0.39, 0.29) is 23.3 Å². The van der Waals surface area contributed by atoms with Gasteiger partial charge in [0.1, 0.15) is 6.33 Å². The lowest BCUT2D eigenvalue weighted by molar-refractivity contribution is 0.0698. The first-order valence-corrected chi connectivity index (χ1v) is 9.19. The summed E-state index contributed by atoms with van der Waals surface area (Å²) in [6.45, 7) is 1.76. The lowest BCUT2D eigenvalue weighted by Gasteiger charge is -2.13. The van der Waals surface area contributed by atoms with E-state index in [1.54, 1.807) is 6.92 Å². The molecule has 0 radical (unpaired) electrons. The molecule has 0 spiro atoms. The number of carboxylic acids is 1. The highest BCUT2D eigenvalue weighted by molar-refractivity contribution is 7.93. The molecule has 0 saturated carbocycles. The third-order valence-corrected chi connectivity index (χ3v) is 5.01. The van der Waals surface area contributed by atoms with E-state index in [1.807, 2.05) is 4.72 Å². The minimum atomic E-state index is -4.66. The first-order valence-electron chi connectivity index (χ1n) is 7.33. The van der Waals surface area contributed by atoms with Crippen molar-refractivity contribution in [3.05, 3.63) is 41.1 Å². The average molecular weight is 416 g/mol. The number of ether oxygens (including phenoxy) is 1. The number of carboxylic acid groups (broad SMARTS) is 1. The van der Waals surface area contributed by atoms with E-state index in [0.717, 1.165) is 16.9 Å². The molecule has 2 heterocycles. The van der Waals surface area contributed by atoms with E-state index < -0.39 is 38.1 Å². The molecule has 3 rings (SSSR count). The molecular formula is C14H11ClFN5O5S. The summed E-state index contributed by atoms with van der Waals surface area (Å²) in [6.07, 6.45) is 0.996. The van der Waals surface area contributed by atoms with Crippen LogP contribution in [-0.4, -0.2) is 45.7 Å². The molecule has 10 nitrogen and oxygen atoms in total. The summed E-state index contributed by atoms with van der Waals surface area (Å²) in [5, 5.41) is 12.8. The number of rotatable bonds is 6. The van der Waals surface area contributed by atoms with E-state index in [4.69, 9.17) is 16.3 Å². The summed E-state index contributed by atoms with van der Waals surface area (Å²) in [7, 11) is -4.66. The first-order chi connectivity index (χ1) is 12.8. The van der Waals surface area contributed by atoms with E-state index in [0.29, 0.717) is 0 Å². The number of fused-ring (bicyclic) bond motifs is 1. The molecule has 0 bridgehead atoms. The number of aromatic nitrogens is 4. The molecule has 0 fully saturated rings. The standard InChI is InChI=1S/C14H11ClFN5O5S/c1-2-26-14-19-11(16)10(12-17-6-18-21(12)14)27(24,25)20-9-7(13(22)23)4-3-5-8(9)15/h3-6,20H,2H2,1H3,(H,22,23). The smallest absolute Gasteiger partial charge is 0.337 e. The summed E-state index contributed by atoms with van der Waals surface area (Å²) < 4.78 is 48.0. The second kappa shape index (κ2) is 6.96. The quantitative estimate of drug-likeness (QED) is 0.582. The van der Waals surface area contributed by atoms with Crippen molar-refractivity contribution in [1.82, 2.24) is 19.6 Å². The van der Waals surface area contributed by atoms with Gasteiger partial charge in [0.2, 0.25) is 5.95 Å². The number of carbonyl (C=O) groups is 1. The van der Waals surface area contributed by atoms with Gasteiger partial charge in [-0.05, 0) is 19.1 Å². The summed E-state index contributed by atoms with van der Waals surface area (Å²) >= 11 is 5.92. The van der Waals surface area contributed by atoms with Crippen molar-refractivity contribution in [3.8, 4) is 6.01 Å². The van der Waals surface area contributed by atoms with Crippen molar-refractivity contribution < 1.29 is 27.4 Å². The molecule has 0 atom stereocenters. The lowest BCUT2D eigenvalue weighted by atomic mass is 10.2. The summed E-state index contributed by atoms with van der Waals surface area (Å²) in [5.41, 5.74) is -1.22. The number of halogens is 2. The van der Waals surface area contributed by atoms with Gasteiger partial charge < -0.3 is 9.84 Å². The number of hydrogen-bond donors (Lipinski definition) is 2. The SMILES string of the molecule is CCOc1nc(F)c(S(=O)(=O)Nc2c(Cl)cccc2C(=O)O)c2ncnn12. The predicted octanol–water partition coefficient (Wildman–Crippen LogP) is 1.81. The molecule has 0 aliphatic heterocycles. The maximum absolute atomic E-state index is 14.5. The number of benzene rings is 1. The minimum Gasteiger partial charge on any atom is -0.478 e. The van der Waals surface area contributed by atoms with E-state index in [2.05, 4.69) is 15.1 Å². The lowest BCUT2D eigenvalue weighted by Crippen LogP contribution is -2.20. The van der Waals surface area contributed by atoms with E-state index in [1.165, 1.54) is 12.1 Å². The average Bonchev–Trinajstić information content (AvgIpc) is 3.05. The Balaban J connectivity index is 2.18. The fourth-order valence-electron chi connectivity index (χ4n) is 2.26. The zero-order valence-electron chi connectivity index (χ0n) is 13.5. The van der Waals surface area contributed by atoms with Gasteiger partial charge in [0.25, 0.3) is 10.0 Å². The number of sulfonamides is 1. The second-order valence-corrected chi connectivity index (χ2v) is 7.04. The van der Waals surface area contributed by atoms with Crippen molar-refractivity contribution in [3.63, 3.8) is 0 Å². The molecule has 0 amide bonds. The zero-order chi connectivity index (χ0) is 19.8. The maximum Gasteiger partial charge on any atom is 0.337 e. The Morgan fingerprint density at radius 1 is 1.44 bits per heavy atom. The van der Waals surface area contributed by atoms with Crippen LogP contribution in [0.3, 0.4) is 0 Å². The van der Waals surface area contributed by atoms with Crippen molar-refractivity contribution >= 4 is 38.9 Å². The van der Waals surface area contributed by atoms with Crippen molar-refractivity contribution in [2.45, 2.75) is 11.8 Å². The largest absolute Gasteiger partial charge is 0.478 e. The van der Waals surface area contributed by atoms with Crippen LogP contribution in [0.25, 0.3) is 5.65 Å². The molecule has 0 unspecified atom stereocenters. The van der Waals surface area contributed by atoms with Crippen LogP contribution in [0.2, 0.25) is 5.02 Å². The molecule has 2 aromatic heterocycles. The van der Waals surface area contributed by atoms with Crippen molar-refractivity contribution in [2.24, 2.45) is 0 Å². The number of aromatic carboxylic acids is 1. The Hall–Kier alpha value is -2.99. The molecule has 1 aromatic carbocycles. The predicted molar refractivity (Wildman–Crippen MR) is 91.1 cm³/mol. The Morgan fingerprint density at radius 3 is 2.85 bits per heavy atom. The Labute approximate surface area is 156 Å². The van der Waals surface area contributed by atoms with Gasteiger partial charge >= 0.3 is 12.0 Å². The van der Waals surface area contributed by atoms with Gasteiger partial charge in [0.15, 0.2) is 10.5 Å². The van der Waals surface area contributed by atoms with Crippen LogP contribution < -0.4 is 9.46 Å². The minimum absolute atomic E-state index is 0.132. The number of anilines is 1. The number of nitrogens with one attached hydrogen (secondary N) is 1. The van der Waals surface area contributed by atoms with Crippen LogP contribution in [0.4, 0.5) is 10.1 Å². The van der Waals surface area contributed by atoms with Crippen LogP contribution in [0.1, 0.15) is 17.3 Å². The fourth-order valence-corrected chi connectivity index (χ4v) is 3.77. The molecule has 0 aliphatic carbocycles. The Bertz CT molecular complexity index is 1150. The molecule has 2 N–H and O–H groups in total. The second-order valence-electron chi connectivity index (χ2n) is 5.02. The topological polar surface area (TPSA) is 136 Å². The Kier molecular flexibility index (Phi) is 4.85. The van der Waals surface area contributed by atoms with Crippen molar-refractivity contribution in [2.75, 3.05) is 11.3 Å². The van der Waals surface area contributed by atoms with Gasteiger partial charge in [-0.3, -0.25) is 4.72 Å². The molecule has 3 aromatic rings. The monoisotopic (exact) mass is 415 g/mol. The van der Waals surface area contributed by atoms with Gasteiger partial charge in [-0.25, -0.2) is 18.2 Å². The molecule has 0 saturated heterocycles. The highest BCUT2D eigenvalue weighted by atomic mass is 35.5. The van der Waals surface area contributed by atoms with Crippen molar-refractivity contribution in [1.29, 1.82) is 0 Å². The third kappa shape index (κ3) is 3.36. The molecule has 27 heavy (non-hydrogen) atoms. The van der Waals surface area contributed by atoms with Crippen LogP contribution in [-0.2, 0) is 10.0 Å². The van der Waals surface area contributed by atoms with Gasteiger partial charge in [-0.2, -0.15) is 19.0 Å². The van der Waals surface area contributed by atoms with Gasteiger partial charge in [0, 0.05) is 0 Å². The first kappa shape index (κ1) is 18.8. The zero-order valence-corrected chi connectivity index (χ0v) is 15.1. The highest BCUT2D eigenvalue weighted by Crippen LogP contribution is 2.30. The fraction of sp³-hybridized carbons (Fsp3) is 0.143. The number of hydrogen-bond acceptors (Lipinski definition) is 7. The number of nitrogens with zero attached hydrogens (tertiary/aromatic N) is 4. The normalized spacial score (nSPS) is 11.5. The Morgan fingerprint density at radius 2 is 2.19 bits per heavy atom. The summed E-state index contributed by atoms with van der Waals surface area (Å²) in [5.74, 6) is -2.82. The highest BCUT2D eigenvalue weighted by Gasteiger charge is 2.30. The van der Waals surface area contributed by atoms with Crippen LogP contribution in [0, 0.1) is 5.95 Å². The van der Waals surface area contributed by atoms with Gasteiger partial charge in [-0.1, -0.05) is 17.7 Å². The van der Waals surface area contributed by atoms with E-state index >= 15 is 0 Å². The van der Waals surface area contributed by atoms with Crippen LogP contribution in [0.15, 0.2) is 29.4 Å². The van der Waals surface area contributed by atoms with Crippen LogP contribution >= 0.6 is 11.6 Å². The maximum atomic E-state index is 14.5. The summed E-state index contributed by atoms with van der Waals surface area (Å²) in [6, 6.07) is 3.47. The summed E-state index contributed by atoms with van der Waals surface area (Å²) in [4.78, 5) is 17.6. The number of para-hydroxylation sites is 1. The van der Waals surface area contributed by atoms with E-state index in [9.17, 15) is 22.7 Å². The molecule has 13 heteroatoms. The van der Waals surface area contributed by atoms with Crippen LogP contribution in [0.5, 0.6) is 6.01 Å². The molecular weight excluding hydrogens is 405 g/mol. The van der Waals surface area contributed by atoms with Gasteiger partial charge in [-0.15, -0.1) is 0 Å². The molecule has 0 aliphatic rings. The van der Waals surface area contributed by atoms with Gasteiger partial charge in [0.05, 0.1) is 22.9 Å². The third-order valence-electron chi connectivity index (χ3n) is 3.34.